The van der Waals surface area contributed by atoms with Gasteiger partial charge in [-0.3, -0.25) is 9.59 Å². The molecule has 7 heteroatoms. The first-order chi connectivity index (χ1) is 13.5. The summed E-state index contributed by atoms with van der Waals surface area (Å²) in [6.45, 7) is 4.72. The number of likely N-dealkylation sites (tertiary alicyclic amines) is 1. The van der Waals surface area contributed by atoms with Gasteiger partial charge >= 0.3 is 0 Å². The average molecular weight is 382 g/mol. The van der Waals surface area contributed by atoms with Gasteiger partial charge in [-0.1, -0.05) is 37.2 Å². The van der Waals surface area contributed by atoms with Gasteiger partial charge in [0, 0.05) is 24.6 Å². The number of anilines is 1. The van der Waals surface area contributed by atoms with Crippen LogP contribution in [0.15, 0.2) is 28.8 Å². The molecule has 148 valence electrons. The maximum Gasteiger partial charge on any atom is 0.249 e. The predicted molar refractivity (Wildman–Crippen MR) is 104 cm³/mol. The lowest BCUT2D eigenvalue weighted by molar-refractivity contribution is -0.135. The molecular formula is C21H26N4O3. The predicted octanol–water partition coefficient (Wildman–Crippen LogP) is 3.23. The second-order valence-electron chi connectivity index (χ2n) is 7.85. The zero-order valence-electron chi connectivity index (χ0n) is 16.4. The molecule has 1 fully saturated rings. The van der Waals surface area contributed by atoms with Gasteiger partial charge in [0.25, 0.3) is 0 Å². The Labute approximate surface area is 164 Å². The molecule has 4 rings (SSSR count). The molecule has 2 aliphatic rings. The van der Waals surface area contributed by atoms with E-state index in [1.165, 1.54) is 0 Å². The molecule has 2 aromatic rings. The van der Waals surface area contributed by atoms with Gasteiger partial charge in [-0.2, -0.15) is 4.98 Å². The van der Waals surface area contributed by atoms with Gasteiger partial charge < -0.3 is 14.3 Å². The van der Waals surface area contributed by atoms with Crippen LogP contribution in [-0.4, -0.2) is 39.9 Å². The maximum atomic E-state index is 13.2. The molecule has 28 heavy (non-hydrogen) atoms. The number of aryl methyl sites for hydroxylation is 1. The van der Waals surface area contributed by atoms with Crippen molar-refractivity contribution in [2.24, 2.45) is 0 Å². The molecule has 2 aliphatic heterocycles. The highest BCUT2D eigenvalue weighted by atomic mass is 16.5. The van der Waals surface area contributed by atoms with Crippen molar-refractivity contribution in [3.05, 3.63) is 41.5 Å². The van der Waals surface area contributed by atoms with Crippen LogP contribution >= 0.6 is 0 Å². The summed E-state index contributed by atoms with van der Waals surface area (Å²) < 4.78 is 5.48. The van der Waals surface area contributed by atoms with E-state index in [2.05, 4.69) is 10.1 Å². The molecule has 1 aromatic carbocycles. The fourth-order valence-electron chi connectivity index (χ4n) is 4.00. The Bertz CT molecular complexity index is 876. The van der Waals surface area contributed by atoms with Gasteiger partial charge in [0.05, 0.1) is 0 Å². The number of carbonyl (C=O) groups is 2. The molecule has 0 N–H and O–H groups in total. The van der Waals surface area contributed by atoms with Gasteiger partial charge in [-0.15, -0.1) is 0 Å². The molecule has 1 unspecified atom stereocenters. The summed E-state index contributed by atoms with van der Waals surface area (Å²) >= 11 is 0. The Hall–Kier alpha value is -2.70. The number of fused-ring (bicyclic) bond motifs is 1. The number of aromatic nitrogens is 2. The third-order valence-corrected chi connectivity index (χ3v) is 5.57. The first-order valence-electron chi connectivity index (χ1n) is 10.1. The van der Waals surface area contributed by atoms with Crippen LogP contribution in [0.5, 0.6) is 0 Å². The van der Waals surface area contributed by atoms with Crippen LogP contribution in [0.1, 0.15) is 68.8 Å². The largest absolute Gasteiger partial charge is 0.337 e. The molecule has 7 nitrogen and oxygen atoms in total. The molecule has 0 bridgehead atoms. The molecule has 2 amide bonds. The number of para-hydroxylation sites is 1. The number of rotatable bonds is 4. The van der Waals surface area contributed by atoms with E-state index in [9.17, 15) is 9.59 Å². The first-order valence-corrected chi connectivity index (χ1v) is 10.1. The summed E-state index contributed by atoms with van der Waals surface area (Å²) in [7, 11) is 0. The van der Waals surface area contributed by atoms with Gasteiger partial charge in [-0.05, 0) is 37.3 Å². The van der Waals surface area contributed by atoms with E-state index in [1.807, 2.05) is 43.0 Å². The highest BCUT2D eigenvalue weighted by Crippen LogP contribution is 2.32. The van der Waals surface area contributed by atoms with Crippen LogP contribution in [0.4, 0.5) is 5.69 Å². The minimum Gasteiger partial charge on any atom is -0.337 e. The molecule has 0 spiro atoms. The van der Waals surface area contributed by atoms with Crippen molar-refractivity contribution in [2.75, 3.05) is 18.0 Å². The lowest BCUT2D eigenvalue weighted by Crippen LogP contribution is -2.47. The van der Waals surface area contributed by atoms with E-state index in [0.717, 1.165) is 36.9 Å². The fourth-order valence-corrected chi connectivity index (χ4v) is 4.00. The zero-order valence-corrected chi connectivity index (χ0v) is 16.4. The summed E-state index contributed by atoms with van der Waals surface area (Å²) in [6, 6.07) is 7.60. The van der Waals surface area contributed by atoms with Crippen molar-refractivity contribution >= 4 is 17.5 Å². The van der Waals surface area contributed by atoms with Crippen LogP contribution in [0, 0.1) is 0 Å². The first kappa shape index (κ1) is 18.7. The SMILES string of the molecule is CC(C)c1noc(C2CCCCN2C(=O)CN2C(=O)CCc3ccccc32)n1. The number of carbonyl (C=O) groups excluding carboxylic acids is 2. The molecule has 1 atom stereocenters. The highest BCUT2D eigenvalue weighted by Gasteiger charge is 2.34. The van der Waals surface area contributed by atoms with Crippen molar-refractivity contribution in [3.8, 4) is 0 Å². The lowest BCUT2D eigenvalue weighted by Gasteiger charge is -2.36. The number of hydrogen-bond acceptors (Lipinski definition) is 5. The minimum absolute atomic E-state index is 0.000457. The number of amides is 2. The maximum absolute atomic E-state index is 13.2. The molecule has 3 heterocycles. The zero-order chi connectivity index (χ0) is 19.7. The lowest BCUT2D eigenvalue weighted by atomic mass is 10.00. The van der Waals surface area contributed by atoms with Crippen LogP contribution in [0.2, 0.25) is 0 Å². The molecule has 0 aliphatic carbocycles. The van der Waals surface area contributed by atoms with Gasteiger partial charge in [0.2, 0.25) is 17.7 Å². The van der Waals surface area contributed by atoms with Gasteiger partial charge in [0.1, 0.15) is 12.6 Å². The standard InChI is InChI=1S/C21H26N4O3/c1-14(2)20-22-21(28-23-20)17-9-5-6-12-24(17)19(27)13-25-16-8-4-3-7-15(16)10-11-18(25)26/h3-4,7-8,14,17H,5-6,9-13H2,1-2H3. The van der Waals surface area contributed by atoms with E-state index >= 15 is 0 Å². The average Bonchev–Trinajstić information content (AvgIpc) is 3.20. The smallest absolute Gasteiger partial charge is 0.249 e. The third-order valence-electron chi connectivity index (χ3n) is 5.57. The monoisotopic (exact) mass is 382 g/mol. The molecule has 0 saturated carbocycles. The molecule has 1 aromatic heterocycles. The van der Waals surface area contributed by atoms with Crippen molar-refractivity contribution in [1.29, 1.82) is 0 Å². The Balaban J connectivity index is 1.55. The van der Waals surface area contributed by atoms with Crippen LogP contribution in [0.3, 0.4) is 0 Å². The topological polar surface area (TPSA) is 79.5 Å². The Morgan fingerprint density at radius 2 is 2.07 bits per heavy atom. The summed E-state index contributed by atoms with van der Waals surface area (Å²) in [5.41, 5.74) is 1.96. The quantitative estimate of drug-likeness (QED) is 0.811. The summed E-state index contributed by atoms with van der Waals surface area (Å²) in [6.07, 6.45) is 3.92. The number of hydrogen-bond donors (Lipinski definition) is 0. The van der Waals surface area contributed by atoms with E-state index in [1.54, 1.807) is 4.90 Å². The molecule has 1 saturated heterocycles. The van der Waals surface area contributed by atoms with E-state index < -0.39 is 0 Å². The minimum atomic E-state index is -0.212. The summed E-state index contributed by atoms with van der Waals surface area (Å²) in [4.78, 5) is 33.7. The number of piperidine rings is 1. The van der Waals surface area contributed by atoms with E-state index in [-0.39, 0.29) is 30.3 Å². The van der Waals surface area contributed by atoms with Crippen LogP contribution in [0.25, 0.3) is 0 Å². The third kappa shape index (κ3) is 3.53. The fraction of sp³-hybridized carbons (Fsp3) is 0.524. The normalized spacial score (nSPS) is 19.8. The summed E-state index contributed by atoms with van der Waals surface area (Å²) in [5.74, 6) is 1.27. The highest BCUT2D eigenvalue weighted by molar-refractivity contribution is 6.01. The van der Waals surface area contributed by atoms with E-state index in [0.29, 0.717) is 24.7 Å². The second-order valence-corrected chi connectivity index (χ2v) is 7.85. The van der Waals surface area contributed by atoms with Crippen molar-refractivity contribution in [3.63, 3.8) is 0 Å². The van der Waals surface area contributed by atoms with Crippen LogP contribution < -0.4 is 4.90 Å². The van der Waals surface area contributed by atoms with Crippen LogP contribution in [-0.2, 0) is 16.0 Å². The van der Waals surface area contributed by atoms with Crippen molar-refractivity contribution in [1.82, 2.24) is 15.0 Å². The van der Waals surface area contributed by atoms with E-state index in [4.69, 9.17) is 4.52 Å². The Kier molecular flexibility index (Phi) is 5.15. The van der Waals surface area contributed by atoms with Crippen molar-refractivity contribution < 1.29 is 14.1 Å². The Morgan fingerprint density at radius 1 is 1.25 bits per heavy atom. The van der Waals surface area contributed by atoms with Gasteiger partial charge in [0.15, 0.2) is 5.82 Å². The number of nitrogens with zero attached hydrogens (tertiary/aromatic N) is 4. The second kappa shape index (κ2) is 7.73. The van der Waals surface area contributed by atoms with Gasteiger partial charge in [-0.25, -0.2) is 0 Å². The molecule has 0 radical (unpaired) electrons. The Morgan fingerprint density at radius 3 is 2.86 bits per heavy atom. The molecular weight excluding hydrogens is 356 g/mol. The van der Waals surface area contributed by atoms with Crippen molar-refractivity contribution in [2.45, 2.75) is 57.9 Å². The summed E-state index contributed by atoms with van der Waals surface area (Å²) in [5, 5.41) is 4.05. The number of benzene rings is 1.